The summed E-state index contributed by atoms with van der Waals surface area (Å²) in [6.45, 7) is 17.1. The Balaban J connectivity index is 2.30. The molecular formula is C23H34OSSi2. The maximum Gasteiger partial charge on any atom is 0.192 e. The average molecular weight is 415 g/mol. The topological polar surface area (TPSA) is 9.23 Å². The van der Waals surface area contributed by atoms with Gasteiger partial charge in [0.25, 0.3) is 0 Å². The van der Waals surface area contributed by atoms with Crippen molar-refractivity contribution in [3.8, 4) is 0 Å². The van der Waals surface area contributed by atoms with Gasteiger partial charge in [-0.05, 0) is 34.8 Å². The number of rotatable bonds is 7. The molecule has 0 aliphatic rings. The summed E-state index contributed by atoms with van der Waals surface area (Å²) in [7, 11) is -3.51. The van der Waals surface area contributed by atoms with E-state index >= 15 is 0 Å². The molecule has 0 bridgehead atoms. The maximum atomic E-state index is 6.46. The molecule has 0 amide bonds. The zero-order valence-corrected chi connectivity index (χ0v) is 20.7. The van der Waals surface area contributed by atoms with Gasteiger partial charge in [-0.15, -0.1) is 0 Å². The molecule has 0 heterocycles. The lowest BCUT2D eigenvalue weighted by atomic mass is 10.2. The molecule has 0 saturated heterocycles. The van der Waals surface area contributed by atoms with Crippen LogP contribution in [0.3, 0.4) is 0 Å². The molecule has 1 nitrogen and oxygen atoms in total. The molecule has 0 aliphatic carbocycles. The third-order valence-electron chi connectivity index (χ3n) is 5.60. The lowest BCUT2D eigenvalue weighted by molar-refractivity contribution is 0.328. The second kappa shape index (κ2) is 8.95. The molecule has 0 spiro atoms. The summed E-state index contributed by atoms with van der Waals surface area (Å²) in [5.74, 6) is 0. The van der Waals surface area contributed by atoms with E-state index in [9.17, 15) is 0 Å². The van der Waals surface area contributed by atoms with Crippen LogP contribution in [0.1, 0.15) is 20.8 Å². The van der Waals surface area contributed by atoms with Crippen molar-refractivity contribution >= 4 is 33.3 Å². The summed E-state index contributed by atoms with van der Waals surface area (Å²) >= 11 is 1.91. The summed E-state index contributed by atoms with van der Waals surface area (Å²) < 4.78 is 7.94. The van der Waals surface area contributed by atoms with Gasteiger partial charge in [0.05, 0.1) is 6.61 Å². The quantitative estimate of drug-likeness (QED) is 0.362. The molecule has 0 atom stereocenters. The highest BCUT2D eigenvalue weighted by molar-refractivity contribution is 8.05. The zero-order chi connectivity index (χ0) is 20.1. The Hall–Kier alpha value is -1.08. The third kappa shape index (κ3) is 5.95. The minimum absolute atomic E-state index is 0.236. The fourth-order valence-corrected chi connectivity index (χ4v) is 7.84. The summed E-state index contributed by atoms with van der Waals surface area (Å²) in [5.41, 5.74) is 0. The Kier molecular flexibility index (Phi) is 7.36. The Bertz CT molecular complexity index is 747. The number of benzene rings is 2. The first-order chi connectivity index (χ1) is 12.5. The van der Waals surface area contributed by atoms with Crippen LogP contribution in [0.5, 0.6) is 0 Å². The molecule has 0 fully saturated rings. The molecule has 146 valence electrons. The number of hydrogen-bond donors (Lipinski definition) is 0. The molecular weight excluding hydrogens is 380 g/mol. The Morgan fingerprint density at radius 3 is 1.93 bits per heavy atom. The first kappa shape index (κ1) is 22.2. The molecule has 2 aromatic rings. The van der Waals surface area contributed by atoms with Gasteiger partial charge < -0.3 is 4.43 Å². The van der Waals surface area contributed by atoms with Crippen molar-refractivity contribution in [3.05, 3.63) is 71.3 Å². The SMILES string of the molecule is CC(C)(C)[Si](C)(C)OC/C=C(\Sc1ccccc1)[Si](C)(C)c1ccccc1. The molecule has 0 saturated carbocycles. The van der Waals surface area contributed by atoms with Gasteiger partial charge in [0.1, 0.15) is 8.07 Å². The molecule has 0 N–H and O–H groups in total. The molecule has 0 aliphatic heterocycles. The van der Waals surface area contributed by atoms with Crippen molar-refractivity contribution in [2.45, 2.75) is 56.9 Å². The molecule has 2 rings (SSSR count). The van der Waals surface area contributed by atoms with Crippen LogP contribution >= 0.6 is 11.8 Å². The van der Waals surface area contributed by atoms with Crippen LogP contribution in [0.4, 0.5) is 0 Å². The first-order valence-electron chi connectivity index (χ1n) is 9.67. The normalized spacial score (nSPS) is 13.7. The second-order valence-electron chi connectivity index (χ2n) is 9.05. The van der Waals surface area contributed by atoms with Crippen molar-refractivity contribution < 1.29 is 4.43 Å². The predicted octanol–water partition coefficient (Wildman–Crippen LogP) is 6.84. The molecule has 0 unspecified atom stereocenters. The van der Waals surface area contributed by atoms with Gasteiger partial charge in [-0.25, -0.2) is 0 Å². The van der Waals surface area contributed by atoms with Gasteiger partial charge in [-0.2, -0.15) is 0 Å². The van der Waals surface area contributed by atoms with E-state index in [1.54, 1.807) is 0 Å². The van der Waals surface area contributed by atoms with Crippen LogP contribution in [0.2, 0.25) is 31.2 Å². The van der Waals surface area contributed by atoms with E-state index < -0.39 is 16.4 Å². The zero-order valence-electron chi connectivity index (χ0n) is 17.9. The smallest absolute Gasteiger partial charge is 0.192 e. The standard InChI is InChI=1S/C23H34OSSi2/c1-23(2,3)27(6,7)24-19-18-22(25-20-14-10-8-11-15-20)26(4,5)21-16-12-9-13-17-21/h8-18H,19H2,1-7H3/b22-18+. The Morgan fingerprint density at radius 2 is 1.41 bits per heavy atom. The Labute approximate surface area is 172 Å². The van der Waals surface area contributed by atoms with E-state index in [4.69, 9.17) is 4.43 Å². The summed E-state index contributed by atoms with van der Waals surface area (Å²) in [5, 5.41) is 1.70. The molecule has 27 heavy (non-hydrogen) atoms. The van der Waals surface area contributed by atoms with Crippen molar-refractivity contribution in [1.29, 1.82) is 0 Å². The third-order valence-corrected chi connectivity index (χ3v) is 16.0. The van der Waals surface area contributed by atoms with E-state index in [0.29, 0.717) is 6.61 Å². The molecule has 0 radical (unpaired) electrons. The van der Waals surface area contributed by atoms with E-state index in [1.165, 1.54) is 14.6 Å². The van der Waals surface area contributed by atoms with Gasteiger partial charge in [0.2, 0.25) is 0 Å². The fraction of sp³-hybridized carbons (Fsp3) is 0.391. The van der Waals surface area contributed by atoms with Crippen LogP contribution in [0.25, 0.3) is 0 Å². The maximum absolute atomic E-state index is 6.46. The van der Waals surface area contributed by atoms with Crippen molar-refractivity contribution in [2.24, 2.45) is 0 Å². The van der Waals surface area contributed by atoms with Crippen LogP contribution in [-0.4, -0.2) is 23.0 Å². The van der Waals surface area contributed by atoms with E-state index in [-0.39, 0.29) is 5.04 Å². The van der Waals surface area contributed by atoms with Gasteiger partial charge in [0, 0.05) is 4.90 Å². The van der Waals surface area contributed by atoms with Crippen molar-refractivity contribution in [1.82, 2.24) is 0 Å². The lowest BCUT2D eigenvalue weighted by Gasteiger charge is -2.36. The van der Waals surface area contributed by atoms with Crippen LogP contribution in [0, 0.1) is 0 Å². The van der Waals surface area contributed by atoms with Gasteiger partial charge >= 0.3 is 0 Å². The largest absolute Gasteiger partial charge is 0.413 e. The molecule has 2 aromatic carbocycles. The van der Waals surface area contributed by atoms with E-state index in [1.807, 2.05) is 11.8 Å². The highest BCUT2D eigenvalue weighted by atomic mass is 32.2. The van der Waals surface area contributed by atoms with Crippen LogP contribution in [0.15, 0.2) is 76.2 Å². The monoisotopic (exact) mass is 414 g/mol. The number of hydrogen-bond acceptors (Lipinski definition) is 2. The van der Waals surface area contributed by atoms with Crippen molar-refractivity contribution in [3.63, 3.8) is 0 Å². The average Bonchev–Trinajstić information content (AvgIpc) is 2.61. The second-order valence-corrected chi connectivity index (χ2v) is 19.7. The highest BCUT2D eigenvalue weighted by Crippen LogP contribution is 2.37. The lowest BCUT2D eigenvalue weighted by Crippen LogP contribution is -2.43. The van der Waals surface area contributed by atoms with E-state index in [0.717, 1.165) is 0 Å². The van der Waals surface area contributed by atoms with Crippen LogP contribution < -0.4 is 5.19 Å². The minimum Gasteiger partial charge on any atom is -0.413 e. The summed E-state index contributed by atoms with van der Waals surface area (Å²) in [6.07, 6.45) is 2.36. The molecule has 4 heteroatoms. The summed E-state index contributed by atoms with van der Waals surface area (Å²) in [4.78, 5) is 1.30. The van der Waals surface area contributed by atoms with Crippen LogP contribution in [-0.2, 0) is 4.43 Å². The minimum atomic E-state index is -1.77. The fourth-order valence-electron chi connectivity index (χ4n) is 2.58. The highest BCUT2D eigenvalue weighted by Gasteiger charge is 2.37. The van der Waals surface area contributed by atoms with E-state index in [2.05, 4.69) is 114 Å². The Morgan fingerprint density at radius 1 is 0.889 bits per heavy atom. The molecule has 0 aromatic heterocycles. The van der Waals surface area contributed by atoms with Gasteiger partial charge in [0.15, 0.2) is 8.32 Å². The van der Waals surface area contributed by atoms with Crippen molar-refractivity contribution in [2.75, 3.05) is 6.61 Å². The van der Waals surface area contributed by atoms with Gasteiger partial charge in [-0.3, -0.25) is 0 Å². The first-order valence-corrected chi connectivity index (χ1v) is 16.4. The van der Waals surface area contributed by atoms with Gasteiger partial charge in [-0.1, -0.05) is 105 Å². The number of thioether (sulfide) groups is 1. The predicted molar refractivity (Wildman–Crippen MR) is 127 cm³/mol. The summed E-state index contributed by atoms with van der Waals surface area (Å²) in [6, 6.07) is 21.7.